The van der Waals surface area contributed by atoms with Crippen LogP contribution in [0.25, 0.3) is 0 Å². The number of aromatic nitrogens is 2. The number of imidazole rings is 1. The monoisotopic (exact) mass is 492 g/mol. The lowest BCUT2D eigenvalue weighted by molar-refractivity contribution is 0.121. The Morgan fingerprint density at radius 1 is 0.971 bits per heavy atom. The third kappa shape index (κ3) is 6.58. The van der Waals surface area contributed by atoms with Gasteiger partial charge in [0.1, 0.15) is 13.2 Å². The molecule has 0 unspecified atom stereocenters. The average Bonchev–Trinajstić information content (AvgIpc) is 3.16. The first-order chi connectivity index (χ1) is 16.2. The van der Waals surface area contributed by atoms with Crippen LogP contribution in [0.2, 0.25) is 5.15 Å². The quantitative estimate of drug-likeness (QED) is 0.419. The maximum atomic E-state index is 6.77. The third-order valence-corrected chi connectivity index (χ3v) is 6.55. The number of rotatable bonds is 11. The Morgan fingerprint density at radius 3 is 2.44 bits per heavy atom. The number of ether oxygens (including phenoxy) is 3. The number of hydrogen-bond donors (Lipinski definition) is 0. The number of benzene rings is 1. The fourth-order valence-corrected chi connectivity index (χ4v) is 4.64. The summed E-state index contributed by atoms with van der Waals surface area (Å²) in [5.41, 5.74) is 2.33. The van der Waals surface area contributed by atoms with Crippen LogP contribution >= 0.6 is 11.6 Å². The van der Waals surface area contributed by atoms with Crippen molar-refractivity contribution in [1.29, 1.82) is 0 Å². The summed E-state index contributed by atoms with van der Waals surface area (Å²) in [4.78, 5) is 9.61. The molecule has 0 aliphatic carbocycles. The highest BCUT2D eigenvalue weighted by molar-refractivity contribution is 6.30. The van der Waals surface area contributed by atoms with E-state index in [1.54, 1.807) is 0 Å². The van der Waals surface area contributed by atoms with Gasteiger partial charge >= 0.3 is 0 Å². The topological polar surface area (TPSA) is 52.0 Å². The lowest BCUT2D eigenvalue weighted by atomic mass is 10.1. The number of nitrogens with zero attached hydrogens (tertiary/aromatic N) is 4. The van der Waals surface area contributed by atoms with Crippen LogP contribution in [-0.2, 0) is 24.4 Å². The number of fused-ring (bicyclic) bond motifs is 1. The molecule has 0 saturated carbocycles. The van der Waals surface area contributed by atoms with Crippen LogP contribution in [0.5, 0.6) is 11.5 Å². The summed E-state index contributed by atoms with van der Waals surface area (Å²) >= 11 is 6.77. The van der Waals surface area contributed by atoms with Crippen LogP contribution in [0.3, 0.4) is 0 Å². The van der Waals surface area contributed by atoms with E-state index in [1.165, 1.54) is 5.56 Å². The highest BCUT2D eigenvalue weighted by atomic mass is 35.5. The summed E-state index contributed by atoms with van der Waals surface area (Å²) in [6.45, 7) is 12.4. The van der Waals surface area contributed by atoms with Crippen LogP contribution in [0.15, 0.2) is 18.2 Å². The fourth-order valence-electron chi connectivity index (χ4n) is 4.40. The number of anilines is 1. The van der Waals surface area contributed by atoms with E-state index in [0.717, 1.165) is 101 Å². The highest BCUT2D eigenvalue weighted by Crippen LogP contribution is 2.32. The largest absolute Gasteiger partial charge is 0.486 e. The molecule has 2 aromatic rings. The zero-order valence-corrected chi connectivity index (χ0v) is 20.8. The predicted octanol–water partition coefficient (Wildman–Crippen LogP) is 5.38. The number of morpholine rings is 1. The van der Waals surface area contributed by atoms with Gasteiger partial charge in [-0.25, -0.2) is 4.98 Å². The van der Waals surface area contributed by atoms with E-state index in [-0.39, 0.29) is 7.43 Å². The molecule has 0 bridgehead atoms. The molecule has 1 fully saturated rings. The Balaban J connectivity index is 0.00000324. The molecule has 7 nitrogen and oxygen atoms in total. The smallest absolute Gasteiger partial charge is 0.207 e. The summed E-state index contributed by atoms with van der Waals surface area (Å²) in [6.07, 6.45) is 4.53. The van der Waals surface area contributed by atoms with Gasteiger partial charge < -0.3 is 23.7 Å². The molecule has 8 heteroatoms. The third-order valence-electron chi connectivity index (χ3n) is 6.25. The van der Waals surface area contributed by atoms with Crippen molar-refractivity contribution >= 4 is 17.5 Å². The van der Waals surface area contributed by atoms with Crippen molar-refractivity contribution in [2.24, 2.45) is 0 Å². The van der Waals surface area contributed by atoms with Crippen LogP contribution in [0.4, 0.5) is 5.95 Å². The summed E-state index contributed by atoms with van der Waals surface area (Å²) in [5.74, 6) is 2.66. The van der Waals surface area contributed by atoms with Crippen LogP contribution in [0, 0.1) is 0 Å². The zero-order valence-electron chi connectivity index (χ0n) is 20.0. The maximum absolute atomic E-state index is 6.77. The van der Waals surface area contributed by atoms with Gasteiger partial charge in [-0.05, 0) is 37.1 Å². The second-order valence-corrected chi connectivity index (χ2v) is 9.15. The minimum Gasteiger partial charge on any atom is -0.486 e. The van der Waals surface area contributed by atoms with Gasteiger partial charge in [0.2, 0.25) is 5.95 Å². The van der Waals surface area contributed by atoms with Gasteiger partial charge in [0.25, 0.3) is 0 Å². The van der Waals surface area contributed by atoms with E-state index in [4.69, 9.17) is 30.8 Å². The van der Waals surface area contributed by atoms with Gasteiger partial charge in [-0.2, -0.15) is 0 Å². The Bertz CT molecular complexity index is 898. The molecule has 1 aromatic heterocycles. The SMILES string of the molecule is C.CCCCN(Cc1ccc2c(c1)OCCO2)Cc1c(Cl)nc(N2CCOCC2)n1CCCC. The summed E-state index contributed by atoms with van der Waals surface area (Å²) in [7, 11) is 0. The molecule has 0 amide bonds. The minimum absolute atomic E-state index is 0. The van der Waals surface area contributed by atoms with Crippen LogP contribution in [0.1, 0.15) is 58.2 Å². The lowest BCUT2D eigenvalue weighted by Crippen LogP contribution is -2.38. The van der Waals surface area contributed by atoms with E-state index < -0.39 is 0 Å². The first kappa shape index (κ1) is 26.6. The Kier molecular flexibility index (Phi) is 10.4. The second kappa shape index (κ2) is 13.2. The normalized spacial score (nSPS) is 15.5. The average molecular weight is 493 g/mol. The summed E-state index contributed by atoms with van der Waals surface area (Å²) in [5, 5.41) is 0.622. The Hall–Kier alpha value is -1.96. The van der Waals surface area contributed by atoms with E-state index >= 15 is 0 Å². The standard InChI is InChI=1S/C25H37ClN4O3.CH4/c1-3-5-9-28(18-20-7-8-22-23(17-20)33-16-15-32-22)19-21-24(26)27-25(30(21)10-6-4-2)29-11-13-31-14-12-29;/h7-8,17H,3-6,9-16,18-19H2,1-2H3;1H4. The first-order valence-corrected chi connectivity index (χ1v) is 12.8. The molecular formula is C26H41ClN4O3. The summed E-state index contributed by atoms with van der Waals surface area (Å²) in [6, 6.07) is 6.28. The van der Waals surface area contributed by atoms with Crippen molar-refractivity contribution in [1.82, 2.24) is 14.5 Å². The molecule has 2 aliphatic heterocycles. The van der Waals surface area contributed by atoms with Crippen molar-refractivity contribution < 1.29 is 14.2 Å². The number of halogens is 1. The number of hydrogen-bond acceptors (Lipinski definition) is 6. The predicted molar refractivity (Wildman–Crippen MR) is 138 cm³/mol. The van der Waals surface area contributed by atoms with Crippen molar-refractivity contribution in [3.63, 3.8) is 0 Å². The van der Waals surface area contributed by atoms with E-state index in [9.17, 15) is 0 Å². The van der Waals surface area contributed by atoms with Crippen molar-refractivity contribution in [3.8, 4) is 11.5 Å². The van der Waals surface area contributed by atoms with E-state index in [1.807, 2.05) is 6.07 Å². The van der Waals surface area contributed by atoms with Crippen molar-refractivity contribution in [2.75, 3.05) is 51.0 Å². The van der Waals surface area contributed by atoms with Crippen LogP contribution < -0.4 is 14.4 Å². The van der Waals surface area contributed by atoms with Crippen molar-refractivity contribution in [3.05, 3.63) is 34.6 Å². The van der Waals surface area contributed by atoms with Gasteiger partial charge in [0.15, 0.2) is 16.7 Å². The maximum Gasteiger partial charge on any atom is 0.207 e. The molecule has 1 saturated heterocycles. The molecule has 1 aromatic carbocycles. The lowest BCUT2D eigenvalue weighted by Gasteiger charge is -2.29. The van der Waals surface area contributed by atoms with Crippen molar-refractivity contribution in [2.45, 2.75) is 66.6 Å². The number of unbranched alkanes of at least 4 members (excludes halogenated alkanes) is 2. The fraction of sp³-hybridized carbons (Fsp3) is 0.654. The minimum atomic E-state index is 0. The van der Waals surface area contributed by atoms with Gasteiger partial charge in [-0.15, -0.1) is 0 Å². The van der Waals surface area contributed by atoms with E-state index in [0.29, 0.717) is 18.4 Å². The molecule has 34 heavy (non-hydrogen) atoms. The zero-order chi connectivity index (χ0) is 23.0. The Labute approximate surface area is 209 Å². The molecule has 0 atom stereocenters. The molecule has 4 rings (SSSR count). The van der Waals surface area contributed by atoms with E-state index in [2.05, 4.69) is 40.3 Å². The molecule has 0 N–H and O–H groups in total. The molecule has 2 aliphatic rings. The second-order valence-electron chi connectivity index (χ2n) is 8.80. The first-order valence-electron chi connectivity index (χ1n) is 12.4. The summed E-state index contributed by atoms with van der Waals surface area (Å²) < 4.78 is 19.4. The molecular weight excluding hydrogens is 452 g/mol. The molecule has 190 valence electrons. The molecule has 0 radical (unpaired) electrons. The van der Waals surface area contributed by atoms with Gasteiger partial charge in [0.05, 0.1) is 18.9 Å². The van der Waals surface area contributed by atoms with Gasteiger partial charge in [-0.3, -0.25) is 4.90 Å². The van der Waals surface area contributed by atoms with Crippen LogP contribution in [-0.4, -0.2) is 60.5 Å². The highest BCUT2D eigenvalue weighted by Gasteiger charge is 2.24. The molecule has 3 heterocycles. The van der Waals surface area contributed by atoms with Gasteiger partial charge in [-0.1, -0.05) is 51.8 Å². The molecule has 0 spiro atoms. The Morgan fingerprint density at radius 2 is 1.71 bits per heavy atom. The van der Waals surface area contributed by atoms with Gasteiger partial charge in [0, 0.05) is 32.7 Å².